The van der Waals surface area contributed by atoms with Crippen LogP contribution in [0, 0.1) is 0 Å². The fraction of sp³-hybridized carbons (Fsp3) is 0.143. The number of rotatable bonds is 6. The summed E-state index contributed by atoms with van der Waals surface area (Å²) in [7, 11) is 0. The second-order valence-electron chi connectivity index (χ2n) is 5.77. The van der Waals surface area contributed by atoms with Crippen LogP contribution in [-0.2, 0) is 0 Å². The first kappa shape index (κ1) is 18.2. The minimum absolute atomic E-state index is 0.0937. The van der Waals surface area contributed by atoms with Gasteiger partial charge in [-0.25, -0.2) is 0 Å². The molecule has 5 heteroatoms. The zero-order valence-corrected chi connectivity index (χ0v) is 15.2. The average molecular weight is 367 g/mol. The maximum Gasteiger partial charge on any atom is 0.144 e. The predicted molar refractivity (Wildman–Crippen MR) is 105 cm³/mol. The van der Waals surface area contributed by atoms with Crippen LogP contribution in [0.25, 0.3) is 0 Å². The largest absolute Gasteiger partial charge is 0.505 e. The summed E-state index contributed by atoms with van der Waals surface area (Å²) < 4.78 is 5.42. The van der Waals surface area contributed by atoms with Crippen LogP contribution in [0.2, 0.25) is 0 Å². The first-order valence-electron chi connectivity index (χ1n) is 8.34. The van der Waals surface area contributed by atoms with Gasteiger partial charge in [0.05, 0.1) is 12.3 Å². The molecule has 0 fully saturated rings. The summed E-state index contributed by atoms with van der Waals surface area (Å²) in [5, 5.41) is 21.1. The molecule has 3 aromatic rings. The van der Waals surface area contributed by atoms with Gasteiger partial charge >= 0.3 is 0 Å². The zero-order valence-electron chi connectivity index (χ0n) is 14.4. The fourth-order valence-electron chi connectivity index (χ4n) is 2.64. The van der Waals surface area contributed by atoms with E-state index in [4.69, 9.17) is 10.5 Å². The summed E-state index contributed by atoms with van der Waals surface area (Å²) in [6, 6.07) is 20.5. The van der Waals surface area contributed by atoms with Crippen LogP contribution in [-0.4, -0.2) is 16.8 Å². The molecule has 0 spiro atoms. The summed E-state index contributed by atoms with van der Waals surface area (Å²) in [5.74, 6) is 0.643. The molecule has 0 heterocycles. The van der Waals surface area contributed by atoms with Crippen molar-refractivity contribution < 1.29 is 14.9 Å². The van der Waals surface area contributed by atoms with E-state index in [-0.39, 0.29) is 11.4 Å². The Morgan fingerprint density at radius 3 is 2.35 bits per heavy atom. The Morgan fingerprint density at radius 1 is 1.00 bits per heavy atom. The van der Waals surface area contributed by atoms with Gasteiger partial charge in [0.1, 0.15) is 17.6 Å². The quantitative estimate of drug-likeness (QED) is 0.438. The Balaban J connectivity index is 1.90. The topological polar surface area (TPSA) is 75.7 Å². The molecule has 0 saturated heterocycles. The summed E-state index contributed by atoms with van der Waals surface area (Å²) >= 11 is 1.52. The van der Waals surface area contributed by atoms with E-state index in [9.17, 15) is 10.2 Å². The number of phenols is 1. The van der Waals surface area contributed by atoms with Gasteiger partial charge in [-0.05, 0) is 48.9 Å². The van der Waals surface area contributed by atoms with Crippen LogP contribution in [0.15, 0.2) is 76.5 Å². The Morgan fingerprint density at radius 2 is 1.69 bits per heavy atom. The number of anilines is 1. The van der Waals surface area contributed by atoms with Crippen LogP contribution in [0.3, 0.4) is 0 Å². The summed E-state index contributed by atoms with van der Waals surface area (Å²) in [6.45, 7) is 2.50. The number of ether oxygens (including phenoxy) is 1. The molecule has 4 N–H and O–H groups in total. The maximum absolute atomic E-state index is 10.7. The van der Waals surface area contributed by atoms with Crippen molar-refractivity contribution >= 4 is 17.4 Å². The van der Waals surface area contributed by atoms with E-state index in [1.54, 1.807) is 36.4 Å². The molecule has 1 unspecified atom stereocenters. The van der Waals surface area contributed by atoms with Crippen molar-refractivity contribution in [1.82, 2.24) is 0 Å². The van der Waals surface area contributed by atoms with Crippen molar-refractivity contribution in [3.63, 3.8) is 0 Å². The van der Waals surface area contributed by atoms with Crippen molar-refractivity contribution in [2.75, 3.05) is 12.3 Å². The van der Waals surface area contributed by atoms with Crippen LogP contribution in [0.1, 0.15) is 24.2 Å². The molecule has 26 heavy (non-hydrogen) atoms. The summed E-state index contributed by atoms with van der Waals surface area (Å²) in [6.07, 6.45) is -0.982. The van der Waals surface area contributed by atoms with Crippen LogP contribution in [0.5, 0.6) is 11.5 Å². The highest BCUT2D eigenvalue weighted by molar-refractivity contribution is 7.99. The molecular weight excluding hydrogens is 346 g/mol. The molecule has 134 valence electrons. The molecule has 3 rings (SSSR count). The van der Waals surface area contributed by atoms with E-state index >= 15 is 0 Å². The third-order valence-electron chi connectivity index (χ3n) is 3.92. The van der Waals surface area contributed by atoms with Crippen molar-refractivity contribution in [1.29, 1.82) is 0 Å². The van der Waals surface area contributed by atoms with Crippen molar-refractivity contribution in [3.05, 3.63) is 77.9 Å². The number of hydrogen-bond acceptors (Lipinski definition) is 5. The van der Waals surface area contributed by atoms with Crippen molar-refractivity contribution in [3.8, 4) is 11.5 Å². The predicted octanol–water partition coefficient (Wildman–Crippen LogP) is 4.61. The van der Waals surface area contributed by atoms with Gasteiger partial charge < -0.3 is 20.7 Å². The molecule has 0 aromatic heterocycles. The lowest BCUT2D eigenvalue weighted by Crippen LogP contribution is -2.02. The van der Waals surface area contributed by atoms with Crippen LogP contribution >= 0.6 is 11.8 Å². The van der Waals surface area contributed by atoms with Crippen molar-refractivity contribution in [2.45, 2.75) is 22.8 Å². The maximum atomic E-state index is 10.7. The number of aliphatic hydroxyl groups is 1. The zero-order chi connectivity index (χ0) is 18.5. The normalized spacial score (nSPS) is 11.9. The minimum Gasteiger partial charge on any atom is -0.505 e. The Hall–Kier alpha value is -2.63. The Labute approximate surface area is 157 Å². The molecule has 0 bridgehead atoms. The number of phenolic OH excluding ortho intramolecular Hbond substituents is 1. The second kappa shape index (κ2) is 8.17. The number of nitrogens with two attached hydrogens (primary N) is 1. The highest BCUT2D eigenvalue weighted by atomic mass is 32.2. The van der Waals surface area contributed by atoms with Gasteiger partial charge in [-0.15, -0.1) is 0 Å². The molecule has 0 aliphatic carbocycles. The summed E-state index contributed by atoms with van der Waals surface area (Å²) in [4.78, 5) is 1.91. The third kappa shape index (κ3) is 4.12. The van der Waals surface area contributed by atoms with E-state index in [1.807, 2.05) is 37.3 Å². The van der Waals surface area contributed by atoms with Gasteiger partial charge in [0.25, 0.3) is 0 Å². The van der Waals surface area contributed by atoms with E-state index in [2.05, 4.69) is 0 Å². The molecule has 0 radical (unpaired) electrons. The minimum atomic E-state index is -0.982. The van der Waals surface area contributed by atoms with Crippen LogP contribution < -0.4 is 10.5 Å². The highest BCUT2D eigenvalue weighted by Gasteiger charge is 2.18. The van der Waals surface area contributed by atoms with Gasteiger partial charge in [0.15, 0.2) is 0 Å². The molecule has 0 saturated carbocycles. The number of aliphatic hydroxyl groups excluding tert-OH is 1. The Bertz CT molecular complexity index is 866. The molecular formula is C21H21NO3S. The monoisotopic (exact) mass is 367 g/mol. The first-order valence-corrected chi connectivity index (χ1v) is 9.16. The number of hydrogen-bond donors (Lipinski definition) is 3. The molecule has 4 nitrogen and oxygen atoms in total. The number of benzene rings is 3. The van der Waals surface area contributed by atoms with Crippen LogP contribution in [0.4, 0.5) is 5.69 Å². The van der Waals surface area contributed by atoms with Gasteiger partial charge in [-0.3, -0.25) is 0 Å². The van der Waals surface area contributed by atoms with Gasteiger partial charge in [0, 0.05) is 15.4 Å². The second-order valence-corrected chi connectivity index (χ2v) is 6.92. The first-order chi connectivity index (χ1) is 12.6. The lowest BCUT2D eigenvalue weighted by Gasteiger charge is -2.16. The molecule has 0 amide bonds. The van der Waals surface area contributed by atoms with Gasteiger partial charge in [0.2, 0.25) is 0 Å². The standard InChI is InChI=1S/C21H21NO3S/c1-2-25-15-10-8-14(9-11-15)20(23)18-12-17(13-19(22)21(18)24)26-16-6-4-3-5-7-16/h3-13,20,23-24H,2,22H2,1H3. The molecule has 1 atom stereocenters. The van der Waals surface area contributed by atoms with E-state index < -0.39 is 6.10 Å². The molecule has 0 aliphatic heterocycles. The number of nitrogen functional groups attached to an aromatic ring is 1. The summed E-state index contributed by atoms with van der Waals surface area (Å²) in [5.41, 5.74) is 7.24. The number of aromatic hydroxyl groups is 1. The fourth-order valence-corrected chi connectivity index (χ4v) is 3.57. The smallest absolute Gasteiger partial charge is 0.144 e. The van der Waals surface area contributed by atoms with Gasteiger partial charge in [-0.2, -0.15) is 0 Å². The SMILES string of the molecule is CCOc1ccc(C(O)c2cc(Sc3ccccc3)cc(N)c2O)cc1. The lowest BCUT2D eigenvalue weighted by atomic mass is 10.00. The molecule has 0 aliphatic rings. The van der Waals surface area contributed by atoms with E-state index in [0.29, 0.717) is 17.7 Å². The van der Waals surface area contributed by atoms with Crippen molar-refractivity contribution in [2.24, 2.45) is 0 Å². The third-order valence-corrected chi connectivity index (χ3v) is 4.90. The highest BCUT2D eigenvalue weighted by Crippen LogP contribution is 2.39. The van der Waals surface area contributed by atoms with E-state index in [0.717, 1.165) is 15.5 Å². The molecule has 3 aromatic carbocycles. The Kier molecular flexibility index (Phi) is 5.71. The van der Waals surface area contributed by atoms with E-state index in [1.165, 1.54) is 11.8 Å². The van der Waals surface area contributed by atoms with Gasteiger partial charge in [-0.1, -0.05) is 42.1 Å². The lowest BCUT2D eigenvalue weighted by molar-refractivity contribution is 0.215. The average Bonchev–Trinajstić information content (AvgIpc) is 2.66.